The molecule has 4 saturated heterocycles. The fourth-order valence-electron chi connectivity index (χ4n) is 2.81. The molecule has 0 aliphatic carbocycles. The van der Waals surface area contributed by atoms with E-state index in [1.807, 2.05) is 6.92 Å². The van der Waals surface area contributed by atoms with Gasteiger partial charge in [-0.25, -0.2) is 0 Å². The van der Waals surface area contributed by atoms with Crippen LogP contribution >= 0.6 is 0 Å². The molecule has 66 valence electrons. The molecule has 6 atom stereocenters. The first kappa shape index (κ1) is 7.04. The van der Waals surface area contributed by atoms with Gasteiger partial charge in [-0.05, 0) is 0 Å². The second-order valence-electron chi connectivity index (χ2n) is 4.16. The Kier molecular flexibility index (Phi) is 1.12. The summed E-state index contributed by atoms with van der Waals surface area (Å²) in [7, 11) is 0. The molecule has 0 aromatic carbocycles. The lowest BCUT2D eigenvalue weighted by Crippen LogP contribution is -2.45. The molecule has 0 saturated carbocycles. The number of ether oxygens (including phenoxy) is 2. The number of ketones is 1. The molecular formula is C9H12O3. The molecule has 0 aromatic rings. The Hall–Kier alpha value is -0.410. The van der Waals surface area contributed by atoms with Gasteiger partial charge in [-0.15, -0.1) is 0 Å². The number of rotatable bonds is 0. The molecule has 0 spiro atoms. The second-order valence-corrected chi connectivity index (χ2v) is 4.16. The van der Waals surface area contributed by atoms with Crippen molar-refractivity contribution in [3.05, 3.63) is 0 Å². The third kappa shape index (κ3) is 0.559. The summed E-state index contributed by atoms with van der Waals surface area (Å²) in [5, 5.41) is 0. The summed E-state index contributed by atoms with van der Waals surface area (Å²) >= 11 is 0. The molecule has 0 N–H and O–H groups in total. The van der Waals surface area contributed by atoms with Crippen LogP contribution < -0.4 is 0 Å². The average molecular weight is 168 g/mol. The number of hydrogen-bond acceptors (Lipinski definition) is 3. The quantitative estimate of drug-likeness (QED) is 0.524. The Morgan fingerprint density at radius 2 is 1.67 bits per heavy atom. The summed E-state index contributed by atoms with van der Waals surface area (Å²) in [6.07, 6.45) is -0.0682. The maximum absolute atomic E-state index is 11.5. The summed E-state index contributed by atoms with van der Waals surface area (Å²) in [5.41, 5.74) is 0. The smallest absolute Gasteiger partial charge is 0.193 e. The topological polar surface area (TPSA) is 35.5 Å². The van der Waals surface area contributed by atoms with Gasteiger partial charge in [0, 0.05) is 11.8 Å². The maximum atomic E-state index is 11.5. The number of hydrogen-bond donors (Lipinski definition) is 0. The van der Waals surface area contributed by atoms with E-state index < -0.39 is 0 Å². The number of carbonyl (C=O) groups is 1. The van der Waals surface area contributed by atoms with E-state index in [1.54, 1.807) is 0 Å². The molecule has 4 heterocycles. The number of Topliss-reactive ketones (excluding diaryl/α,β-unsaturated/α-hetero) is 1. The van der Waals surface area contributed by atoms with Gasteiger partial charge in [-0.3, -0.25) is 4.79 Å². The van der Waals surface area contributed by atoms with Gasteiger partial charge >= 0.3 is 0 Å². The van der Waals surface area contributed by atoms with E-state index in [2.05, 4.69) is 6.92 Å². The lowest BCUT2D eigenvalue weighted by atomic mass is 9.87. The van der Waals surface area contributed by atoms with Crippen molar-refractivity contribution in [2.75, 3.05) is 0 Å². The fraction of sp³-hybridized carbons (Fsp3) is 0.889. The second kappa shape index (κ2) is 1.91. The molecule has 12 heavy (non-hydrogen) atoms. The Morgan fingerprint density at radius 1 is 1.00 bits per heavy atom. The van der Waals surface area contributed by atoms with E-state index in [0.29, 0.717) is 5.92 Å². The normalized spacial score (nSPS) is 61.7. The molecule has 3 nitrogen and oxygen atoms in total. The van der Waals surface area contributed by atoms with Gasteiger partial charge in [0.25, 0.3) is 0 Å². The van der Waals surface area contributed by atoms with Crippen LogP contribution in [0.3, 0.4) is 0 Å². The Morgan fingerprint density at radius 3 is 2.33 bits per heavy atom. The van der Waals surface area contributed by atoms with E-state index in [4.69, 9.17) is 9.47 Å². The molecule has 4 aliphatic rings. The van der Waals surface area contributed by atoms with Crippen LogP contribution in [0.4, 0.5) is 0 Å². The fourth-order valence-corrected chi connectivity index (χ4v) is 2.81. The highest BCUT2D eigenvalue weighted by atomic mass is 16.6. The summed E-state index contributed by atoms with van der Waals surface area (Å²) in [4.78, 5) is 11.5. The zero-order chi connectivity index (χ0) is 8.46. The van der Waals surface area contributed by atoms with Crippen LogP contribution in [0.25, 0.3) is 0 Å². The first-order chi connectivity index (χ1) is 5.70. The zero-order valence-electron chi connectivity index (χ0n) is 7.19. The van der Waals surface area contributed by atoms with Gasteiger partial charge in [-0.1, -0.05) is 13.8 Å². The Balaban J connectivity index is 2.06. The largest absolute Gasteiger partial charge is 0.364 e. The lowest BCUT2D eigenvalue weighted by molar-refractivity contribution is -0.151. The molecule has 4 aliphatic heterocycles. The van der Waals surface area contributed by atoms with Crippen molar-refractivity contribution >= 4 is 5.78 Å². The van der Waals surface area contributed by atoms with Gasteiger partial charge in [0.05, 0.1) is 12.2 Å². The molecule has 0 aromatic heterocycles. The standard InChI is InChI=1S/C9H12O3/c1-3-6-4(2)8-9(11-6)5(10)7(3)12-8/h3-4,6-9H,1-2H3/t3?,4?,6?,7-,8+,9?/m0/s1. The van der Waals surface area contributed by atoms with Gasteiger partial charge in [0.2, 0.25) is 0 Å². The monoisotopic (exact) mass is 168 g/mol. The molecule has 4 unspecified atom stereocenters. The lowest BCUT2D eigenvalue weighted by Gasteiger charge is -2.34. The van der Waals surface area contributed by atoms with Crippen molar-refractivity contribution in [1.82, 2.24) is 0 Å². The van der Waals surface area contributed by atoms with Crippen LogP contribution in [0.5, 0.6) is 0 Å². The summed E-state index contributed by atoms with van der Waals surface area (Å²) in [6, 6.07) is 0. The van der Waals surface area contributed by atoms with Gasteiger partial charge in [-0.2, -0.15) is 0 Å². The van der Waals surface area contributed by atoms with Crippen molar-refractivity contribution in [3.8, 4) is 0 Å². The Labute approximate surface area is 71.0 Å². The van der Waals surface area contributed by atoms with Crippen molar-refractivity contribution in [2.24, 2.45) is 11.8 Å². The van der Waals surface area contributed by atoms with Gasteiger partial charge in [0.15, 0.2) is 5.78 Å². The SMILES string of the molecule is CC1C2OC3C(=O)[C@@H](O[C@@H]31)C2C. The molecular weight excluding hydrogens is 156 g/mol. The molecule has 4 fully saturated rings. The van der Waals surface area contributed by atoms with Gasteiger partial charge in [0.1, 0.15) is 12.2 Å². The van der Waals surface area contributed by atoms with Crippen molar-refractivity contribution in [1.29, 1.82) is 0 Å². The van der Waals surface area contributed by atoms with Crippen LogP contribution in [-0.2, 0) is 14.3 Å². The van der Waals surface area contributed by atoms with E-state index in [0.717, 1.165) is 0 Å². The molecule has 0 amide bonds. The third-order valence-electron chi connectivity index (χ3n) is 3.50. The number of carbonyl (C=O) groups excluding carboxylic acids is 1. The zero-order valence-corrected chi connectivity index (χ0v) is 7.19. The van der Waals surface area contributed by atoms with E-state index >= 15 is 0 Å². The summed E-state index contributed by atoms with van der Waals surface area (Å²) in [5.74, 6) is 0.822. The molecule has 4 bridgehead atoms. The van der Waals surface area contributed by atoms with Crippen LogP contribution in [0.1, 0.15) is 13.8 Å². The maximum Gasteiger partial charge on any atom is 0.193 e. The molecule has 4 rings (SSSR count). The minimum Gasteiger partial charge on any atom is -0.364 e. The van der Waals surface area contributed by atoms with Crippen molar-refractivity contribution in [3.63, 3.8) is 0 Å². The van der Waals surface area contributed by atoms with E-state index in [9.17, 15) is 4.79 Å². The highest BCUT2D eigenvalue weighted by molar-refractivity contribution is 5.91. The Bertz CT molecular complexity index is 244. The predicted molar refractivity (Wildman–Crippen MR) is 40.7 cm³/mol. The summed E-state index contributed by atoms with van der Waals surface area (Å²) in [6.45, 7) is 4.15. The molecule has 0 radical (unpaired) electrons. The minimum absolute atomic E-state index is 0.0590. The first-order valence-electron chi connectivity index (χ1n) is 4.55. The van der Waals surface area contributed by atoms with Crippen LogP contribution in [0, 0.1) is 11.8 Å². The summed E-state index contributed by atoms with van der Waals surface area (Å²) < 4.78 is 11.2. The van der Waals surface area contributed by atoms with Crippen molar-refractivity contribution in [2.45, 2.75) is 38.3 Å². The van der Waals surface area contributed by atoms with E-state index in [-0.39, 0.29) is 36.1 Å². The average Bonchev–Trinajstić information content (AvgIpc) is 2.43. The van der Waals surface area contributed by atoms with Crippen LogP contribution in [-0.4, -0.2) is 30.2 Å². The van der Waals surface area contributed by atoms with E-state index in [1.165, 1.54) is 0 Å². The minimum atomic E-state index is -0.230. The van der Waals surface area contributed by atoms with Gasteiger partial charge < -0.3 is 9.47 Å². The first-order valence-corrected chi connectivity index (χ1v) is 4.55. The molecule has 3 heteroatoms. The van der Waals surface area contributed by atoms with Crippen molar-refractivity contribution < 1.29 is 14.3 Å². The predicted octanol–water partition coefficient (Wildman–Crippen LogP) is 0.376. The van der Waals surface area contributed by atoms with Crippen LogP contribution in [0.2, 0.25) is 0 Å². The van der Waals surface area contributed by atoms with Crippen LogP contribution in [0.15, 0.2) is 0 Å². The third-order valence-corrected chi connectivity index (χ3v) is 3.50. The highest BCUT2D eigenvalue weighted by Gasteiger charge is 2.63. The highest BCUT2D eigenvalue weighted by Crippen LogP contribution is 2.47.